The number of anilines is 1. The van der Waals surface area contributed by atoms with Crippen LogP contribution < -0.4 is 10.6 Å². The van der Waals surface area contributed by atoms with Crippen molar-refractivity contribution in [3.63, 3.8) is 0 Å². The molecule has 0 aromatic heterocycles. The van der Waals surface area contributed by atoms with E-state index in [-0.39, 0.29) is 29.3 Å². The number of hydrogen-bond donors (Lipinski definition) is 3. The smallest absolute Gasteiger partial charge is 0.269 e. The molecular weight excluding hydrogens is 490 g/mol. The second-order valence-corrected chi connectivity index (χ2v) is 9.69. The highest BCUT2D eigenvalue weighted by molar-refractivity contribution is 5.48. The summed E-state index contributed by atoms with van der Waals surface area (Å²) in [5, 5.41) is 28.7. The molecule has 2 atom stereocenters. The Hall–Kier alpha value is -3.40. The van der Waals surface area contributed by atoms with E-state index >= 15 is 0 Å². The Balaban J connectivity index is 1.43. The van der Waals surface area contributed by atoms with Gasteiger partial charge in [-0.05, 0) is 60.4 Å². The zero-order valence-electron chi connectivity index (χ0n) is 21.2. The monoisotopic (exact) mass is 524 g/mol. The highest BCUT2D eigenvalue weighted by Gasteiger charge is 2.27. The lowest BCUT2D eigenvalue weighted by atomic mass is 9.86. The third-order valence-corrected chi connectivity index (χ3v) is 7.20. The van der Waals surface area contributed by atoms with Gasteiger partial charge in [0.05, 0.1) is 11.0 Å². The number of aliphatic hydroxyl groups is 1. The number of aliphatic hydroxyl groups excluding tert-OH is 1. The van der Waals surface area contributed by atoms with Gasteiger partial charge in [0.2, 0.25) is 0 Å². The van der Waals surface area contributed by atoms with Crippen molar-refractivity contribution in [3.8, 4) is 0 Å². The van der Waals surface area contributed by atoms with Crippen LogP contribution in [0.3, 0.4) is 0 Å². The van der Waals surface area contributed by atoms with Crippen molar-refractivity contribution in [2.45, 2.75) is 37.3 Å². The number of nitro benzene ring substituents is 1. The number of halogens is 2. The number of nitro groups is 1. The molecule has 9 heteroatoms. The first-order valence-electron chi connectivity index (χ1n) is 13.0. The molecule has 3 N–H and O–H groups in total. The lowest BCUT2D eigenvalue weighted by Crippen LogP contribution is -2.53. The summed E-state index contributed by atoms with van der Waals surface area (Å²) < 4.78 is 27.2. The molecule has 1 aliphatic heterocycles. The van der Waals surface area contributed by atoms with Crippen LogP contribution in [0.5, 0.6) is 0 Å². The van der Waals surface area contributed by atoms with Crippen molar-refractivity contribution in [3.05, 3.63) is 106 Å². The largest absolute Gasteiger partial charge is 0.390 e. The van der Waals surface area contributed by atoms with Gasteiger partial charge < -0.3 is 15.7 Å². The highest BCUT2D eigenvalue weighted by Crippen LogP contribution is 2.31. The van der Waals surface area contributed by atoms with Crippen LogP contribution in [0, 0.1) is 21.7 Å². The Bertz CT molecular complexity index is 1110. The highest BCUT2D eigenvalue weighted by atomic mass is 19.1. The third kappa shape index (κ3) is 7.56. The molecule has 0 saturated carbocycles. The van der Waals surface area contributed by atoms with Crippen molar-refractivity contribution in [1.82, 2.24) is 10.2 Å². The fourth-order valence-electron chi connectivity index (χ4n) is 5.14. The van der Waals surface area contributed by atoms with E-state index in [4.69, 9.17) is 0 Å². The summed E-state index contributed by atoms with van der Waals surface area (Å²) in [5.41, 5.74) is 2.67. The summed E-state index contributed by atoms with van der Waals surface area (Å²) >= 11 is 0. The van der Waals surface area contributed by atoms with Gasteiger partial charge in [-0.3, -0.25) is 15.0 Å². The second-order valence-electron chi connectivity index (χ2n) is 9.69. The van der Waals surface area contributed by atoms with Crippen LogP contribution in [0.15, 0.2) is 72.8 Å². The summed E-state index contributed by atoms with van der Waals surface area (Å²) in [5.74, 6) is -0.613. The van der Waals surface area contributed by atoms with E-state index in [1.807, 2.05) is 0 Å². The molecule has 38 heavy (non-hydrogen) atoms. The van der Waals surface area contributed by atoms with E-state index in [9.17, 15) is 24.0 Å². The van der Waals surface area contributed by atoms with Gasteiger partial charge in [0.25, 0.3) is 5.69 Å². The molecule has 3 aromatic rings. The molecule has 1 saturated heterocycles. The molecule has 2 unspecified atom stereocenters. The van der Waals surface area contributed by atoms with Gasteiger partial charge >= 0.3 is 0 Å². The fourth-order valence-corrected chi connectivity index (χ4v) is 5.14. The second kappa shape index (κ2) is 13.4. The molecule has 3 aromatic carbocycles. The normalized spacial score (nSPS) is 15.8. The van der Waals surface area contributed by atoms with E-state index in [0.29, 0.717) is 12.2 Å². The number of benzene rings is 3. The number of piperazine rings is 1. The van der Waals surface area contributed by atoms with Crippen molar-refractivity contribution >= 4 is 11.4 Å². The first-order valence-corrected chi connectivity index (χ1v) is 13.0. The first-order chi connectivity index (χ1) is 18.4. The molecule has 7 nitrogen and oxygen atoms in total. The van der Waals surface area contributed by atoms with Crippen LogP contribution in [0.2, 0.25) is 0 Å². The van der Waals surface area contributed by atoms with Gasteiger partial charge in [-0.15, -0.1) is 0 Å². The van der Waals surface area contributed by atoms with Crippen molar-refractivity contribution in [1.29, 1.82) is 0 Å². The standard InChI is InChI=1S/C29H34F2N4O3/c30-23-8-4-21(5-9-23)27(22-6-10-24(31)11-7-22)2-1-3-28(34-18-16-32-17-19-34)29(36)20-33-25-12-14-26(15-13-25)35(37)38/h4-15,27-29,32-33,36H,1-3,16-20H2. The van der Waals surface area contributed by atoms with E-state index in [0.717, 1.165) is 56.6 Å². The maximum atomic E-state index is 13.6. The molecule has 1 aliphatic rings. The predicted octanol–water partition coefficient (Wildman–Crippen LogP) is 4.92. The maximum absolute atomic E-state index is 13.6. The molecule has 0 amide bonds. The average Bonchev–Trinajstić information content (AvgIpc) is 2.94. The lowest BCUT2D eigenvalue weighted by Gasteiger charge is -2.38. The number of nitrogens with zero attached hydrogens (tertiary/aromatic N) is 2. The third-order valence-electron chi connectivity index (χ3n) is 7.20. The number of rotatable bonds is 12. The fraction of sp³-hybridized carbons (Fsp3) is 0.379. The van der Waals surface area contributed by atoms with Gasteiger partial charge in [0, 0.05) is 62.5 Å². The van der Waals surface area contributed by atoms with Crippen molar-refractivity contribution in [2.24, 2.45) is 0 Å². The van der Waals surface area contributed by atoms with E-state index < -0.39 is 11.0 Å². The lowest BCUT2D eigenvalue weighted by molar-refractivity contribution is -0.384. The van der Waals surface area contributed by atoms with Gasteiger partial charge in [-0.2, -0.15) is 0 Å². The Morgan fingerprint density at radius 1 is 0.895 bits per heavy atom. The van der Waals surface area contributed by atoms with Crippen molar-refractivity contribution < 1.29 is 18.8 Å². The van der Waals surface area contributed by atoms with Crippen LogP contribution in [0.4, 0.5) is 20.2 Å². The Kier molecular flexibility index (Phi) is 9.75. The summed E-state index contributed by atoms with van der Waals surface area (Å²) in [6.45, 7) is 3.68. The first kappa shape index (κ1) is 27.6. The van der Waals surface area contributed by atoms with Crippen molar-refractivity contribution in [2.75, 3.05) is 38.0 Å². The Morgan fingerprint density at radius 2 is 1.45 bits per heavy atom. The molecule has 1 heterocycles. The zero-order chi connectivity index (χ0) is 26.9. The quantitative estimate of drug-likeness (QED) is 0.230. The van der Waals surface area contributed by atoms with E-state index in [1.165, 1.54) is 36.4 Å². The van der Waals surface area contributed by atoms with Crippen LogP contribution >= 0.6 is 0 Å². The SMILES string of the molecule is O=[N+]([O-])c1ccc(NCC(O)C(CCCC(c2ccc(F)cc2)c2ccc(F)cc2)N2CCNCC2)cc1. The topological polar surface area (TPSA) is 90.7 Å². The zero-order valence-corrected chi connectivity index (χ0v) is 21.2. The molecule has 0 spiro atoms. The molecule has 202 valence electrons. The molecule has 4 rings (SSSR count). The number of nitrogens with one attached hydrogen (secondary N) is 2. The predicted molar refractivity (Wildman–Crippen MR) is 144 cm³/mol. The van der Waals surface area contributed by atoms with Gasteiger partial charge in [-0.1, -0.05) is 30.7 Å². The summed E-state index contributed by atoms with van der Waals surface area (Å²) in [6.07, 6.45) is 1.67. The summed E-state index contributed by atoms with van der Waals surface area (Å²) in [4.78, 5) is 12.8. The minimum absolute atomic E-state index is 0.0183. The Morgan fingerprint density at radius 3 is 1.97 bits per heavy atom. The summed E-state index contributed by atoms with van der Waals surface area (Å²) in [7, 11) is 0. The average molecular weight is 525 g/mol. The van der Waals surface area contributed by atoms with Gasteiger partial charge in [0.1, 0.15) is 11.6 Å². The molecule has 0 aliphatic carbocycles. The molecular formula is C29H34F2N4O3. The molecule has 1 fully saturated rings. The minimum atomic E-state index is -0.654. The van der Waals surface area contributed by atoms with Crippen LogP contribution in [0.1, 0.15) is 36.3 Å². The van der Waals surface area contributed by atoms with E-state index in [1.54, 1.807) is 36.4 Å². The maximum Gasteiger partial charge on any atom is 0.269 e. The molecule has 0 radical (unpaired) electrons. The number of hydrogen-bond acceptors (Lipinski definition) is 6. The van der Waals surface area contributed by atoms with Gasteiger partial charge in [-0.25, -0.2) is 8.78 Å². The van der Waals surface area contributed by atoms with Gasteiger partial charge in [0.15, 0.2) is 0 Å². The minimum Gasteiger partial charge on any atom is -0.390 e. The number of non-ortho nitro benzene ring substituents is 1. The summed E-state index contributed by atoms with van der Waals surface area (Å²) in [6, 6.07) is 19.0. The molecule has 0 bridgehead atoms. The Labute approximate surface area is 221 Å². The van der Waals surface area contributed by atoms with E-state index in [2.05, 4.69) is 15.5 Å². The van der Waals surface area contributed by atoms with Crippen LogP contribution in [-0.2, 0) is 0 Å². The van der Waals surface area contributed by atoms with Crippen LogP contribution in [0.25, 0.3) is 0 Å². The van der Waals surface area contributed by atoms with Crippen LogP contribution in [-0.4, -0.2) is 59.8 Å².